The normalized spacial score (nSPS) is 10.3. The average molecular weight is 348 g/mol. The summed E-state index contributed by atoms with van der Waals surface area (Å²) in [6.45, 7) is 0. The summed E-state index contributed by atoms with van der Waals surface area (Å²) in [7, 11) is 0. The third-order valence-electron chi connectivity index (χ3n) is 2.24. The van der Waals surface area contributed by atoms with E-state index < -0.39 is 17.8 Å². The van der Waals surface area contributed by atoms with Crippen LogP contribution < -0.4 is 5.32 Å². The number of rotatable bonds is 2. The van der Waals surface area contributed by atoms with Crippen LogP contribution in [-0.4, -0.2) is 10.9 Å². The molecule has 0 spiro atoms. The Bertz CT molecular complexity index is 652. The summed E-state index contributed by atoms with van der Waals surface area (Å²) in [5.74, 6) is -2.63. The van der Waals surface area contributed by atoms with Crippen molar-refractivity contribution < 1.29 is 13.6 Å². The Morgan fingerprint density at radius 1 is 1.26 bits per heavy atom. The van der Waals surface area contributed by atoms with Crippen molar-refractivity contribution >= 4 is 39.1 Å². The van der Waals surface area contributed by atoms with Gasteiger partial charge in [-0.05, 0) is 46.3 Å². The Morgan fingerprint density at radius 3 is 2.68 bits per heavy atom. The smallest absolute Gasteiger partial charge is 0.256 e. The van der Waals surface area contributed by atoms with E-state index in [1.54, 1.807) is 12.1 Å². The third-order valence-corrected chi connectivity index (χ3v) is 3.16. The second-order valence-corrected chi connectivity index (χ2v) is 4.84. The van der Waals surface area contributed by atoms with Crippen LogP contribution in [0.4, 0.5) is 14.5 Å². The van der Waals surface area contributed by atoms with E-state index in [0.717, 1.165) is 12.1 Å². The van der Waals surface area contributed by atoms with Gasteiger partial charge in [0.2, 0.25) is 11.9 Å². The molecule has 1 heterocycles. The predicted octanol–water partition coefficient (Wildman–Crippen LogP) is 4.03. The minimum absolute atomic E-state index is 0.210. The first-order chi connectivity index (χ1) is 8.97. The molecule has 19 heavy (non-hydrogen) atoms. The summed E-state index contributed by atoms with van der Waals surface area (Å²) in [4.78, 5) is 14.9. The number of aromatic nitrogens is 1. The van der Waals surface area contributed by atoms with Gasteiger partial charge in [0.15, 0.2) is 0 Å². The van der Waals surface area contributed by atoms with Crippen molar-refractivity contribution in [3.63, 3.8) is 0 Å². The van der Waals surface area contributed by atoms with E-state index in [-0.39, 0.29) is 11.3 Å². The Kier molecular flexibility index (Phi) is 4.11. The number of benzene rings is 1. The van der Waals surface area contributed by atoms with Crippen LogP contribution in [0.15, 0.2) is 34.8 Å². The molecule has 1 aromatic heterocycles. The first kappa shape index (κ1) is 13.9. The molecule has 2 aromatic rings. The fourth-order valence-electron chi connectivity index (χ4n) is 1.37. The third kappa shape index (κ3) is 3.27. The molecule has 3 nitrogen and oxygen atoms in total. The van der Waals surface area contributed by atoms with Gasteiger partial charge < -0.3 is 5.32 Å². The number of halogens is 4. The topological polar surface area (TPSA) is 42.0 Å². The van der Waals surface area contributed by atoms with Crippen molar-refractivity contribution in [1.82, 2.24) is 4.98 Å². The summed E-state index contributed by atoms with van der Waals surface area (Å²) in [5.41, 5.74) is 0.0227. The van der Waals surface area contributed by atoms with Crippen LogP contribution in [0.1, 0.15) is 10.4 Å². The maximum absolute atomic E-state index is 13.3. The zero-order valence-electron chi connectivity index (χ0n) is 9.25. The molecule has 0 radical (unpaired) electrons. The number of nitrogens with one attached hydrogen (secondary N) is 1. The number of hydrogen-bond acceptors (Lipinski definition) is 2. The van der Waals surface area contributed by atoms with Crippen molar-refractivity contribution in [3.8, 4) is 0 Å². The first-order valence-corrected chi connectivity index (χ1v) is 6.23. The average Bonchev–Trinajstić information content (AvgIpc) is 2.35. The standard InChI is InChI=1S/C12H6BrClF2N2O/c13-8-2-1-6(14)5-7(8)12(19)17-9-3-4-10(15)18-11(9)16/h1-5H,(H,17,19). The molecule has 98 valence electrons. The van der Waals surface area contributed by atoms with Crippen LogP contribution in [0.2, 0.25) is 5.02 Å². The summed E-state index contributed by atoms with van der Waals surface area (Å²) < 4.78 is 26.4. The zero-order chi connectivity index (χ0) is 14.0. The second-order valence-electron chi connectivity index (χ2n) is 3.55. The van der Waals surface area contributed by atoms with Crippen molar-refractivity contribution in [3.05, 3.63) is 57.3 Å². The molecule has 7 heteroatoms. The van der Waals surface area contributed by atoms with Gasteiger partial charge in [-0.25, -0.2) is 0 Å². The van der Waals surface area contributed by atoms with E-state index >= 15 is 0 Å². The van der Waals surface area contributed by atoms with Crippen LogP contribution >= 0.6 is 27.5 Å². The second kappa shape index (κ2) is 5.63. The summed E-state index contributed by atoms with van der Waals surface area (Å²) in [5, 5.41) is 2.66. The molecule has 0 fully saturated rings. The van der Waals surface area contributed by atoms with Crippen LogP contribution in [0.3, 0.4) is 0 Å². The molecule has 0 bridgehead atoms. The lowest BCUT2D eigenvalue weighted by Crippen LogP contribution is -2.14. The van der Waals surface area contributed by atoms with Gasteiger partial charge in [0, 0.05) is 9.50 Å². The molecular formula is C12H6BrClF2N2O. The lowest BCUT2D eigenvalue weighted by molar-refractivity contribution is 0.102. The van der Waals surface area contributed by atoms with Gasteiger partial charge in [-0.1, -0.05) is 11.6 Å². The van der Waals surface area contributed by atoms with Gasteiger partial charge in [0.25, 0.3) is 5.91 Å². The summed E-state index contributed by atoms with van der Waals surface area (Å²) in [6.07, 6.45) is 0. The van der Waals surface area contributed by atoms with Crippen molar-refractivity contribution in [2.45, 2.75) is 0 Å². The number of carbonyl (C=O) groups excluding carboxylic acids is 1. The molecule has 0 aliphatic rings. The maximum atomic E-state index is 13.3. The predicted molar refractivity (Wildman–Crippen MR) is 71.3 cm³/mol. The lowest BCUT2D eigenvalue weighted by atomic mass is 10.2. The molecule has 1 N–H and O–H groups in total. The Hall–Kier alpha value is -1.53. The molecular weight excluding hydrogens is 341 g/mol. The van der Waals surface area contributed by atoms with E-state index in [1.807, 2.05) is 0 Å². The van der Waals surface area contributed by atoms with Crippen LogP contribution in [0, 0.1) is 11.9 Å². The van der Waals surface area contributed by atoms with E-state index in [0.29, 0.717) is 9.50 Å². The largest absolute Gasteiger partial charge is 0.318 e. The molecule has 1 amide bonds. The Morgan fingerprint density at radius 2 is 2.00 bits per heavy atom. The van der Waals surface area contributed by atoms with Gasteiger partial charge in [0.05, 0.1) is 11.3 Å². The molecule has 0 saturated heterocycles. The molecule has 0 atom stereocenters. The van der Waals surface area contributed by atoms with Gasteiger partial charge in [-0.3, -0.25) is 4.79 Å². The maximum Gasteiger partial charge on any atom is 0.256 e. The Balaban J connectivity index is 2.28. The van der Waals surface area contributed by atoms with Gasteiger partial charge in [-0.15, -0.1) is 0 Å². The van der Waals surface area contributed by atoms with Gasteiger partial charge in [0.1, 0.15) is 0 Å². The molecule has 0 unspecified atom stereocenters. The lowest BCUT2D eigenvalue weighted by Gasteiger charge is -2.07. The minimum atomic E-state index is -1.09. The highest BCUT2D eigenvalue weighted by molar-refractivity contribution is 9.10. The number of nitrogens with zero attached hydrogens (tertiary/aromatic N) is 1. The fraction of sp³-hybridized carbons (Fsp3) is 0. The quantitative estimate of drug-likeness (QED) is 0.834. The molecule has 2 rings (SSSR count). The van der Waals surface area contributed by atoms with Crippen molar-refractivity contribution in [2.75, 3.05) is 5.32 Å². The monoisotopic (exact) mass is 346 g/mol. The summed E-state index contributed by atoms with van der Waals surface area (Å²) >= 11 is 8.96. The highest BCUT2D eigenvalue weighted by atomic mass is 79.9. The zero-order valence-corrected chi connectivity index (χ0v) is 11.6. The van der Waals surface area contributed by atoms with E-state index in [1.165, 1.54) is 6.07 Å². The number of amides is 1. The Labute approximate surface area is 120 Å². The summed E-state index contributed by atoms with van der Waals surface area (Å²) in [6, 6.07) is 6.66. The van der Waals surface area contributed by atoms with Crippen LogP contribution in [0.25, 0.3) is 0 Å². The highest BCUT2D eigenvalue weighted by Crippen LogP contribution is 2.22. The van der Waals surface area contributed by atoms with E-state index in [2.05, 4.69) is 26.2 Å². The molecule has 0 aliphatic carbocycles. The number of anilines is 1. The van der Waals surface area contributed by atoms with Crippen LogP contribution in [0.5, 0.6) is 0 Å². The number of hydrogen-bond donors (Lipinski definition) is 1. The fourth-order valence-corrected chi connectivity index (χ4v) is 1.97. The van der Waals surface area contributed by atoms with E-state index in [9.17, 15) is 13.6 Å². The van der Waals surface area contributed by atoms with Crippen molar-refractivity contribution in [1.29, 1.82) is 0 Å². The minimum Gasteiger partial charge on any atom is -0.318 e. The molecule has 0 aliphatic heterocycles. The van der Waals surface area contributed by atoms with Crippen LogP contribution in [-0.2, 0) is 0 Å². The van der Waals surface area contributed by atoms with Gasteiger partial charge in [-0.2, -0.15) is 13.8 Å². The van der Waals surface area contributed by atoms with Gasteiger partial charge >= 0.3 is 0 Å². The SMILES string of the molecule is O=C(Nc1ccc(F)nc1F)c1cc(Cl)ccc1Br. The number of pyridine rings is 1. The van der Waals surface area contributed by atoms with E-state index in [4.69, 9.17) is 11.6 Å². The molecule has 1 aromatic carbocycles. The highest BCUT2D eigenvalue weighted by Gasteiger charge is 2.14. The van der Waals surface area contributed by atoms with Crippen molar-refractivity contribution in [2.24, 2.45) is 0 Å². The first-order valence-electron chi connectivity index (χ1n) is 5.06. The molecule has 0 saturated carbocycles. The number of carbonyl (C=O) groups is 1.